The quantitative estimate of drug-likeness (QED) is 0.615. The summed E-state index contributed by atoms with van der Waals surface area (Å²) in [5.74, 6) is 0.899. The molecule has 19 heavy (non-hydrogen) atoms. The van der Waals surface area contributed by atoms with Crippen LogP contribution in [0.25, 0.3) is 10.9 Å². The first kappa shape index (κ1) is 12.5. The number of nitrogens with zero attached hydrogens (tertiary/aromatic N) is 1. The first-order chi connectivity index (χ1) is 9.33. The van der Waals surface area contributed by atoms with Crippen LogP contribution in [-0.2, 0) is 5.75 Å². The largest absolute Gasteiger partial charge is 0.255 e. The zero-order valence-corrected chi connectivity index (χ0v) is 11.8. The van der Waals surface area contributed by atoms with Gasteiger partial charge in [0, 0.05) is 27.3 Å². The summed E-state index contributed by atoms with van der Waals surface area (Å²) >= 11 is 7.79. The van der Waals surface area contributed by atoms with E-state index in [0.29, 0.717) is 0 Å². The van der Waals surface area contributed by atoms with E-state index in [2.05, 4.69) is 35.3 Å². The van der Waals surface area contributed by atoms with Crippen LogP contribution in [0.2, 0.25) is 5.02 Å². The molecule has 0 atom stereocenters. The number of thioether (sulfide) groups is 1. The minimum Gasteiger partial charge on any atom is -0.255 e. The van der Waals surface area contributed by atoms with Gasteiger partial charge in [0.05, 0.1) is 5.52 Å². The molecule has 1 heterocycles. The first-order valence-corrected chi connectivity index (χ1v) is 7.40. The summed E-state index contributed by atoms with van der Waals surface area (Å²) in [5, 5.41) is 1.97. The average Bonchev–Trinajstić information content (AvgIpc) is 2.45. The van der Waals surface area contributed by atoms with E-state index in [9.17, 15) is 0 Å². The summed E-state index contributed by atoms with van der Waals surface area (Å²) in [6.45, 7) is 0. The predicted octanol–water partition coefficient (Wildman–Crippen LogP) is 5.18. The van der Waals surface area contributed by atoms with Crippen LogP contribution < -0.4 is 0 Å². The van der Waals surface area contributed by atoms with Gasteiger partial charge in [0.1, 0.15) is 0 Å². The van der Waals surface area contributed by atoms with Gasteiger partial charge in [-0.15, -0.1) is 11.8 Å². The van der Waals surface area contributed by atoms with E-state index < -0.39 is 0 Å². The number of aromatic nitrogens is 1. The van der Waals surface area contributed by atoms with Crippen molar-refractivity contribution in [2.75, 3.05) is 0 Å². The molecular weight excluding hydrogens is 274 g/mol. The summed E-state index contributed by atoms with van der Waals surface area (Å²) in [7, 11) is 0. The van der Waals surface area contributed by atoms with Crippen molar-refractivity contribution in [1.82, 2.24) is 4.98 Å². The molecule has 0 saturated carbocycles. The number of para-hydroxylation sites is 1. The Morgan fingerprint density at radius 2 is 1.84 bits per heavy atom. The van der Waals surface area contributed by atoms with Gasteiger partial charge in [-0.3, -0.25) is 4.98 Å². The normalized spacial score (nSPS) is 10.8. The fraction of sp³-hybridized carbons (Fsp3) is 0.0625. The fourth-order valence-corrected chi connectivity index (χ4v) is 3.18. The maximum absolute atomic E-state index is 6.00. The Balaban J connectivity index is 1.86. The number of rotatable bonds is 3. The van der Waals surface area contributed by atoms with Crippen LogP contribution >= 0.6 is 23.4 Å². The molecule has 3 aromatic rings. The van der Waals surface area contributed by atoms with Crippen molar-refractivity contribution in [2.24, 2.45) is 0 Å². The van der Waals surface area contributed by atoms with Gasteiger partial charge < -0.3 is 0 Å². The molecule has 0 spiro atoms. The molecule has 0 aliphatic heterocycles. The number of hydrogen-bond donors (Lipinski definition) is 0. The number of halogens is 1. The fourth-order valence-electron chi connectivity index (χ4n) is 1.98. The Morgan fingerprint density at radius 3 is 2.74 bits per heavy atom. The van der Waals surface area contributed by atoms with Gasteiger partial charge in [0.2, 0.25) is 0 Å². The minimum absolute atomic E-state index is 0.786. The second-order valence-electron chi connectivity index (χ2n) is 4.25. The standard InChI is InChI=1S/C16H12ClNS/c17-14-7-1-4-12(10-14)11-19-15-8-2-5-13-6-3-9-18-16(13)15/h1-10H,11H2. The lowest BCUT2D eigenvalue weighted by Gasteiger charge is -2.05. The second-order valence-corrected chi connectivity index (χ2v) is 5.70. The van der Waals surface area contributed by atoms with Gasteiger partial charge in [-0.2, -0.15) is 0 Å². The summed E-state index contributed by atoms with van der Waals surface area (Å²) in [6.07, 6.45) is 1.84. The molecule has 0 bridgehead atoms. The Hall–Kier alpha value is -1.51. The smallest absolute Gasteiger partial charge is 0.0837 e. The summed E-state index contributed by atoms with van der Waals surface area (Å²) in [4.78, 5) is 5.67. The highest BCUT2D eigenvalue weighted by Crippen LogP contribution is 2.29. The molecule has 0 N–H and O–H groups in total. The SMILES string of the molecule is Clc1cccc(CSc2cccc3cccnc23)c1. The van der Waals surface area contributed by atoms with Gasteiger partial charge in [0.25, 0.3) is 0 Å². The van der Waals surface area contributed by atoms with Crippen LogP contribution in [0.4, 0.5) is 0 Å². The van der Waals surface area contributed by atoms with E-state index in [1.807, 2.05) is 30.5 Å². The van der Waals surface area contributed by atoms with Crippen molar-refractivity contribution >= 4 is 34.3 Å². The molecule has 0 radical (unpaired) electrons. The molecule has 0 amide bonds. The van der Waals surface area contributed by atoms with Crippen LogP contribution in [0.15, 0.2) is 65.7 Å². The Kier molecular flexibility index (Phi) is 3.72. The van der Waals surface area contributed by atoms with E-state index in [1.54, 1.807) is 11.8 Å². The van der Waals surface area contributed by atoms with Gasteiger partial charge in [-0.1, -0.05) is 41.9 Å². The summed E-state index contributed by atoms with van der Waals surface area (Å²) in [6, 6.07) is 18.3. The number of benzene rings is 2. The first-order valence-electron chi connectivity index (χ1n) is 6.04. The highest BCUT2D eigenvalue weighted by Gasteiger charge is 2.03. The zero-order chi connectivity index (χ0) is 13.1. The molecule has 1 nitrogen and oxygen atoms in total. The molecule has 0 aliphatic carbocycles. The van der Waals surface area contributed by atoms with Gasteiger partial charge in [-0.25, -0.2) is 0 Å². The highest BCUT2D eigenvalue weighted by atomic mass is 35.5. The molecule has 1 aromatic heterocycles. The Labute approximate surface area is 121 Å². The third-order valence-electron chi connectivity index (χ3n) is 2.88. The predicted molar refractivity (Wildman–Crippen MR) is 82.8 cm³/mol. The zero-order valence-electron chi connectivity index (χ0n) is 10.2. The third kappa shape index (κ3) is 2.91. The van der Waals surface area contributed by atoms with Crippen LogP contribution in [0.5, 0.6) is 0 Å². The lowest BCUT2D eigenvalue weighted by atomic mass is 10.2. The highest BCUT2D eigenvalue weighted by molar-refractivity contribution is 7.98. The summed E-state index contributed by atoms with van der Waals surface area (Å²) in [5.41, 5.74) is 2.29. The lowest BCUT2D eigenvalue weighted by Crippen LogP contribution is -1.84. The molecule has 2 aromatic carbocycles. The molecule has 3 rings (SSSR count). The Morgan fingerprint density at radius 1 is 1.00 bits per heavy atom. The number of fused-ring (bicyclic) bond motifs is 1. The molecule has 3 heteroatoms. The number of pyridine rings is 1. The minimum atomic E-state index is 0.786. The van der Waals surface area contributed by atoms with Gasteiger partial charge in [-0.05, 0) is 29.8 Å². The van der Waals surface area contributed by atoms with Crippen molar-refractivity contribution < 1.29 is 0 Å². The van der Waals surface area contributed by atoms with Crippen molar-refractivity contribution in [3.63, 3.8) is 0 Å². The molecule has 0 fully saturated rings. The average molecular weight is 286 g/mol. The van der Waals surface area contributed by atoms with E-state index in [4.69, 9.17) is 11.6 Å². The van der Waals surface area contributed by atoms with Crippen LogP contribution in [0, 0.1) is 0 Å². The van der Waals surface area contributed by atoms with Crippen molar-refractivity contribution in [3.05, 3.63) is 71.4 Å². The molecule has 0 aliphatic rings. The number of hydrogen-bond acceptors (Lipinski definition) is 2. The second kappa shape index (κ2) is 5.64. The molecule has 0 saturated heterocycles. The van der Waals surface area contributed by atoms with Crippen LogP contribution in [0.1, 0.15) is 5.56 Å². The van der Waals surface area contributed by atoms with Gasteiger partial charge >= 0.3 is 0 Å². The lowest BCUT2D eigenvalue weighted by molar-refractivity contribution is 1.34. The monoisotopic (exact) mass is 285 g/mol. The van der Waals surface area contributed by atoms with Crippen molar-refractivity contribution in [3.8, 4) is 0 Å². The summed E-state index contributed by atoms with van der Waals surface area (Å²) < 4.78 is 0. The van der Waals surface area contributed by atoms with E-state index in [0.717, 1.165) is 16.3 Å². The molecule has 94 valence electrons. The Bertz CT molecular complexity index is 706. The maximum atomic E-state index is 6.00. The molecular formula is C16H12ClNS. The van der Waals surface area contributed by atoms with Crippen molar-refractivity contribution in [1.29, 1.82) is 0 Å². The van der Waals surface area contributed by atoms with E-state index in [1.165, 1.54) is 15.8 Å². The third-order valence-corrected chi connectivity index (χ3v) is 4.23. The molecule has 0 unspecified atom stereocenters. The van der Waals surface area contributed by atoms with Crippen molar-refractivity contribution in [2.45, 2.75) is 10.6 Å². The van der Waals surface area contributed by atoms with Gasteiger partial charge in [0.15, 0.2) is 0 Å². The topological polar surface area (TPSA) is 12.9 Å². The van der Waals surface area contributed by atoms with E-state index in [-0.39, 0.29) is 0 Å². The van der Waals surface area contributed by atoms with Crippen LogP contribution in [-0.4, -0.2) is 4.98 Å². The maximum Gasteiger partial charge on any atom is 0.0837 e. The van der Waals surface area contributed by atoms with Crippen LogP contribution in [0.3, 0.4) is 0 Å². The van der Waals surface area contributed by atoms with E-state index >= 15 is 0 Å².